The predicted molar refractivity (Wildman–Crippen MR) is 49.1 cm³/mol. The van der Waals surface area contributed by atoms with E-state index in [1.807, 2.05) is 0 Å². The van der Waals surface area contributed by atoms with Crippen molar-refractivity contribution in [1.82, 2.24) is 5.48 Å². The van der Waals surface area contributed by atoms with Gasteiger partial charge in [-0.15, -0.1) is 0 Å². The molecule has 0 heterocycles. The number of carbonyl (C=O) groups excluding carboxylic acids is 1. The van der Waals surface area contributed by atoms with E-state index in [2.05, 4.69) is 12.4 Å². The van der Waals surface area contributed by atoms with Crippen LogP contribution < -0.4 is 5.48 Å². The lowest BCUT2D eigenvalue weighted by atomic mass is 10.4. The second-order valence-electron chi connectivity index (χ2n) is 2.64. The van der Waals surface area contributed by atoms with Gasteiger partial charge in [0.2, 0.25) is 0 Å². The van der Waals surface area contributed by atoms with E-state index < -0.39 is 0 Å². The largest absolute Gasteiger partial charge is 0.379 e. The van der Waals surface area contributed by atoms with Crippen LogP contribution in [0.15, 0.2) is 0 Å². The fraction of sp³-hybridized carbons (Fsp3) is 0.889. The molecule has 13 heavy (non-hydrogen) atoms. The van der Waals surface area contributed by atoms with Crippen molar-refractivity contribution in [3.63, 3.8) is 0 Å². The molecule has 1 amide bonds. The highest BCUT2D eigenvalue weighted by atomic mass is 16.7. The SMILES string of the molecule is CCCCOCCO[N]C(=O)CC. The van der Waals surface area contributed by atoms with E-state index >= 15 is 0 Å². The van der Waals surface area contributed by atoms with Crippen LogP contribution >= 0.6 is 0 Å². The average molecular weight is 188 g/mol. The molecule has 0 aliphatic heterocycles. The monoisotopic (exact) mass is 188 g/mol. The van der Waals surface area contributed by atoms with E-state index in [0.29, 0.717) is 19.6 Å². The van der Waals surface area contributed by atoms with E-state index in [0.717, 1.165) is 19.4 Å². The minimum absolute atomic E-state index is 0.228. The van der Waals surface area contributed by atoms with E-state index in [9.17, 15) is 4.79 Å². The second-order valence-corrected chi connectivity index (χ2v) is 2.64. The number of hydroxylamine groups is 1. The summed E-state index contributed by atoms with van der Waals surface area (Å²) in [7, 11) is 0. The molecule has 0 saturated heterocycles. The van der Waals surface area contributed by atoms with Crippen LogP contribution in [0.25, 0.3) is 0 Å². The van der Waals surface area contributed by atoms with Gasteiger partial charge in [0, 0.05) is 13.0 Å². The maximum absolute atomic E-state index is 10.6. The highest BCUT2D eigenvalue weighted by molar-refractivity contribution is 5.73. The molecular weight excluding hydrogens is 170 g/mol. The summed E-state index contributed by atoms with van der Waals surface area (Å²) in [5.41, 5.74) is 3.34. The van der Waals surface area contributed by atoms with Gasteiger partial charge in [-0.05, 0) is 6.42 Å². The molecule has 0 saturated carbocycles. The van der Waals surface area contributed by atoms with Crippen molar-refractivity contribution in [3.8, 4) is 0 Å². The molecule has 0 rings (SSSR count). The smallest absolute Gasteiger partial charge is 0.269 e. The lowest BCUT2D eigenvalue weighted by Gasteiger charge is -2.02. The van der Waals surface area contributed by atoms with Gasteiger partial charge >= 0.3 is 0 Å². The molecular formula is C9H18NO3. The molecule has 0 aromatic heterocycles. The topological polar surface area (TPSA) is 49.6 Å². The maximum Gasteiger partial charge on any atom is 0.269 e. The Hall–Kier alpha value is -0.610. The Balaban J connectivity index is 2.95. The summed E-state index contributed by atoms with van der Waals surface area (Å²) >= 11 is 0. The number of ether oxygens (including phenoxy) is 1. The van der Waals surface area contributed by atoms with Crippen LogP contribution in [0.5, 0.6) is 0 Å². The zero-order valence-corrected chi connectivity index (χ0v) is 8.41. The van der Waals surface area contributed by atoms with E-state index in [4.69, 9.17) is 9.57 Å². The summed E-state index contributed by atoms with van der Waals surface area (Å²) < 4.78 is 5.19. The quantitative estimate of drug-likeness (QED) is 0.426. The van der Waals surface area contributed by atoms with Gasteiger partial charge in [-0.1, -0.05) is 25.7 Å². The van der Waals surface area contributed by atoms with Gasteiger partial charge in [-0.25, -0.2) is 4.84 Å². The Kier molecular flexibility index (Phi) is 9.03. The average Bonchev–Trinajstić information content (AvgIpc) is 2.16. The molecule has 1 radical (unpaired) electrons. The standard InChI is InChI=1S/C9H18NO3/c1-3-5-6-12-7-8-13-10-9(11)4-2/h3-8H2,1-2H3. The van der Waals surface area contributed by atoms with Gasteiger partial charge in [-0.2, -0.15) is 0 Å². The van der Waals surface area contributed by atoms with E-state index in [1.165, 1.54) is 0 Å². The van der Waals surface area contributed by atoms with Crippen molar-refractivity contribution in [2.24, 2.45) is 0 Å². The Morgan fingerprint density at radius 1 is 1.23 bits per heavy atom. The third-order valence-corrected chi connectivity index (χ3v) is 1.43. The molecule has 0 aliphatic rings. The third kappa shape index (κ3) is 9.30. The molecule has 4 heteroatoms. The van der Waals surface area contributed by atoms with Crippen molar-refractivity contribution in [2.45, 2.75) is 33.1 Å². The van der Waals surface area contributed by atoms with Crippen LogP contribution in [0.3, 0.4) is 0 Å². The fourth-order valence-electron chi connectivity index (χ4n) is 0.627. The van der Waals surface area contributed by atoms with Crippen LogP contribution in [-0.4, -0.2) is 25.7 Å². The number of unbranched alkanes of at least 4 members (excludes halogenated alkanes) is 1. The number of amides is 1. The summed E-state index contributed by atoms with van der Waals surface area (Å²) in [6.45, 7) is 5.46. The van der Waals surface area contributed by atoms with Gasteiger partial charge in [0.05, 0.1) is 6.61 Å². The zero-order chi connectivity index (χ0) is 9.94. The van der Waals surface area contributed by atoms with Crippen LogP contribution in [0.2, 0.25) is 0 Å². The molecule has 0 aromatic rings. The Morgan fingerprint density at radius 3 is 2.62 bits per heavy atom. The van der Waals surface area contributed by atoms with Crippen molar-refractivity contribution >= 4 is 5.91 Å². The highest BCUT2D eigenvalue weighted by Gasteiger charge is 1.98. The zero-order valence-electron chi connectivity index (χ0n) is 8.41. The molecule has 0 N–H and O–H groups in total. The molecule has 4 nitrogen and oxygen atoms in total. The first-order valence-electron chi connectivity index (χ1n) is 4.74. The van der Waals surface area contributed by atoms with Crippen LogP contribution in [0.4, 0.5) is 0 Å². The molecule has 0 aliphatic carbocycles. The lowest BCUT2D eigenvalue weighted by molar-refractivity contribution is -0.135. The predicted octanol–water partition coefficient (Wildman–Crippen LogP) is 1.28. The maximum atomic E-state index is 10.6. The van der Waals surface area contributed by atoms with E-state index in [-0.39, 0.29) is 5.91 Å². The molecule has 0 unspecified atom stereocenters. The summed E-state index contributed by atoms with van der Waals surface area (Å²) in [6, 6.07) is 0. The first-order chi connectivity index (χ1) is 6.31. The van der Waals surface area contributed by atoms with Gasteiger partial charge in [0.25, 0.3) is 5.91 Å². The molecule has 0 aromatic carbocycles. The van der Waals surface area contributed by atoms with E-state index in [1.54, 1.807) is 6.92 Å². The normalized spacial score (nSPS) is 10.0. The molecule has 77 valence electrons. The number of rotatable bonds is 8. The molecule has 0 bridgehead atoms. The number of nitrogens with zero attached hydrogens (tertiary/aromatic N) is 1. The highest BCUT2D eigenvalue weighted by Crippen LogP contribution is 1.87. The van der Waals surface area contributed by atoms with Crippen LogP contribution in [-0.2, 0) is 14.4 Å². The van der Waals surface area contributed by atoms with Gasteiger partial charge in [0.15, 0.2) is 0 Å². The Labute approximate surface area is 79.6 Å². The van der Waals surface area contributed by atoms with Gasteiger partial charge in [0.1, 0.15) is 6.61 Å². The number of hydrogen-bond acceptors (Lipinski definition) is 3. The number of carbonyl (C=O) groups is 1. The van der Waals surface area contributed by atoms with Crippen LogP contribution in [0, 0.1) is 0 Å². The molecule has 0 spiro atoms. The number of hydrogen-bond donors (Lipinski definition) is 0. The van der Waals surface area contributed by atoms with Crippen molar-refractivity contribution in [1.29, 1.82) is 0 Å². The first-order valence-corrected chi connectivity index (χ1v) is 4.74. The van der Waals surface area contributed by atoms with Crippen LogP contribution in [0.1, 0.15) is 33.1 Å². The summed E-state index contributed by atoms with van der Waals surface area (Å²) in [5, 5.41) is 0. The summed E-state index contributed by atoms with van der Waals surface area (Å²) in [4.78, 5) is 15.3. The third-order valence-electron chi connectivity index (χ3n) is 1.43. The minimum atomic E-state index is -0.228. The van der Waals surface area contributed by atoms with Gasteiger partial charge < -0.3 is 4.74 Å². The fourth-order valence-corrected chi connectivity index (χ4v) is 0.627. The molecule has 0 fully saturated rings. The Morgan fingerprint density at radius 2 is 2.00 bits per heavy atom. The second kappa shape index (κ2) is 9.48. The summed E-state index contributed by atoms with van der Waals surface area (Å²) in [6.07, 6.45) is 2.57. The summed E-state index contributed by atoms with van der Waals surface area (Å²) in [5.74, 6) is -0.228. The molecule has 0 atom stereocenters. The first kappa shape index (κ1) is 12.4. The minimum Gasteiger partial charge on any atom is -0.379 e. The van der Waals surface area contributed by atoms with Crippen molar-refractivity contribution < 1.29 is 14.4 Å². The van der Waals surface area contributed by atoms with Crippen molar-refractivity contribution in [2.75, 3.05) is 19.8 Å². The van der Waals surface area contributed by atoms with Crippen molar-refractivity contribution in [3.05, 3.63) is 0 Å². The lowest BCUT2D eigenvalue weighted by Crippen LogP contribution is -2.17. The van der Waals surface area contributed by atoms with Gasteiger partial charge in [-0.3, -0.25) is 4.79 Å². The Bertz CT molecular complexity index is 128.